The molecule has 0 spiro atoms. The van der Waals surface area contributed by atoms with Crippen LogP contribution in [-0.4, -0.2) is 20.3 Å². The Bertz CT molecular complexity index is 565. The van der Waals surface area contributed by atoms with E-state index in [4.69, 9.17) is 0 Å². The molecule has 1 aliphatic carbocycles. The fourth-order valence-corrected chi connectivity index (χ4v) is 4.54. The van der Waals surface area contributed by atoms with E-state index in [-0.39, 0.29) is 5.41 Å². The summed E-state index contributed by atoms with van der Waals surface area (Å²) in [6.07, 6.45) is 3.27. The molecule has 0 aliphatic heterocycles. The monoisotopic (exact) mass is 345 g/mol. The highest BCUT2D eigenvalue weighted by Gasteiger charge is 2.42. The maximum absolute atomic E-state index is 12.4. The van der Waals surface area contributed by atoms with Gasteiger partial charge >= 0.3 is 0 Å². The molecule has 3 nitrogen and oxygen atoms in total. The average Bonchev–Trinajstić information content (AvgIpc) is 3.11. The number of alkyl halides is 1. The van der Waals surface area contributed by atoms with Gasteiger partial charge < -0.3 is 0 Å². The minimum Gasteiger partial charge on any atom is -0.211 e. The summed E-state index contributed by atoms with van der Waals surface area (Å²) in [7, 11) is -3.39. The van der Waals surface area contributed by atoms with E-state index in [9.17, 15) is 8.42 Å². The predicted octanol–water partition coefficient (Wildman–Crippen LogP) is 3.15. The van der Waals surface area contributed by atoms with Gasteiger partial charge in [-0.15, -0.1) is 0 Å². The van der Waals surface area contributed by atoms with Gasteiger partial charge in [0, 0.05) is 11.9 Å². The van der Waals surface area contributed by atoms with Crippen LogP contribution in [0, 0.1) is 19.3 Å². The van der Waals surface area contributed by atoms with Crippen LogP contribution in [0.5, 0.6) is 0 Å². The zero-order valence-corrected chi connectivity index (χ0v) is 13.8. The van der Waals surface area contributed by atoms with Crippen LogP contribution in [-0.2, 0) is 10.0 Å². The van der Waals surface area contributed by atoms with Crippen molar-refractivity contribution in [2.45, 2.75) is 38.0 Å². The Labute approximate surface area is 124 Å². The highest BCUT2D eigenvalue weighted by atomic mass is 79.9. The number of sulfonamides is 1. The quantitative estimate of drug-likeness (QED) is 0.805. The summed E-state index contributed by atoms with van der Waals surface area (Å²) in [5.41, 5.74) is 1.95. The lowest BCUT2D eigenvalue weighted by molar-refractivity contribution is 0.480. The fourth-order valence-electron chi connectivity index (χ4n) is 2.22. The number of hydrogen-bond donors (Lipinski definition) is 1. The van der Waals surface area contributed by atoms with Crippen LogP contribution >= 0.6 is 15.9 Å². The van der Waals surface area contributed by atoms with E-state index in [0.29, 0.717) is 11.4 Å². The van der Waals surface area contributed by atoms with Gasteiger partial charge in [-0.2, -0.15) is 0 Å². The summed E-state index contributed by atoms with van der Waals surface area (Å²) in [5.74, 6) is 0. The summed E-state index contributed by atoms with van der Waals surface area (Å²) < 4.78 is 27.5. The molecule has 106 valence electrons. The van der Waals surface area contributed by atoms with Crippen molar-refractivity contribution in [3.05, 3.63) is 29.3 Å². The number of benzene rings is 1. The Morgan fingerprint density at radius 1 is 1.32 bits per heavy atom. The lowest BCUT2D eigenvalue weighted by atomic mass is 10.1. The second kappa shape index (κ2) is 5.54. The van der Waals surface area contributed by atoms with Gasteiger partial charge in [0.1, 0.15) is 0 Å². The van der Waals surface area contributed by atoms with Crippen LogP contribution in [0.2, 0.25) is 0 Å². The van der Waals surface area contributed by atoms with E-state index in [1.54, 1.807) is 6.07 Å². The SMILES string of the molecule is Cc1ccc(C)c(S(=O)(=O)NCC2(CCBr)CC2)c1. The van der Waals surface area contributed by atoms with E-state index in [1.165, 1.54) is 0 Å². The summed E-state index contributed by atoms with van der Waals surface area (Å²) in [6.45, 7) is 4.29. The number of hydrogen-bond acceptors (Lipinski definition) is 2. The Balaban J connectivity index is 2.12. The molecule has 1 aromatic carbocycles. The number of halogens is 1. The van der Waals surface area contributed by atoms with Crippen LogP contribution in [0.15, 0.2) is 23.1 Å². The molecule has 2 rings (SSSR count). The molecule has 0 heterocycles. The molecule has 0 saturated heterocycles. The summed E-state index contributed by atoms with van der Waals surface area (Å²) in [4.78, 5) is 0.405. The molecule has 1 fully saturated rings. The third-order valence-electron chi connectivity index (χ3n) is 3.85. The molecule has 1 saturated carbocycles. The van der Waals surface area contributed by atoms with Gasteiger partial charge in [0.2, 0.25) is 10.0 Å². The molecule has 0 aromatic heterocycles. The minimum atomic E-state index is -3.39. The van der Waals surface area contributed by atoms with Crippen molar-refractivity contribution in [1.82, 2.24) is 4.72 Å². The molecule has 0 unspecified atom stereocenters. The van der Waals surface area contributed by atoms with Crippen molar-refractivity contribution in [3.63, 3.8) is 0 Å². The molecule has 5 heteroatoms. The highest BCUT2D eigenvalue weighted by Crippen LogP contribution is 2.48. The van der Waals surface area contributed by atoms with Gasteiger partial charge in [-0.3, -0.25) is 0 Å². The molecule has 19 heavy (non-hydrogen) atoms. The molecule has 0 bridgehead atoms. The van der Waals surface area contributed by atoms with Crippen molar-refractivity contribution in [1.29, 1.82) is 0 Å². The molecule has 1 aliphatic rings. The van der Waals surface area contributed by atoms with Crippen LogP contribution in [0.1, 0.15) is 30.4 Å². The summed E-state index contributed by atoms with van der Waals surface area (Å²) >= 11 is 3.43. The standard InChI is InChI=1S/C14H20BrNO2S/c1-11-3-4-12(2)13(9-11)19(17,18)16-10-14(5-6-14)7-8-15/h3-4,9,16H,5-8,10H2,1-2H3. The van der Waals surface area contributed by atoms with Crippen LogP contribution in [0.4, 0.5) is 0 Å². The lowest BCUT2D eigenvalue weighted by Gasteiger charge is -2.16. The average molecular weight is 346 g/mol. The molecule has 1 aromatic rings. The smallest absolute Gasteiger partial charge is 0.211 e. The Kier molecular flexibility index (Phi) is 4.38. The second-order valence-corrected chi connectivity index (χ2v) is 8.06. The Morgan fingerprint density at radius 2 is 2.00 bits per heavy atom. The van der Waals surface area contributed by atoms with E-state index < -0.39 is 10.0 Å². The van der Waals surface area contributed by atoms with Gasteiger partial charge in [0.25, 0.3) is 0 Å². The molecule has 0 amide bonds. The molecule has 0 atom stereocenters. The zero-order valence-electron chi connectivity index (χ0n) is 11.4. The first-order valence-corrected chi connectivity index (χ1v) is 9.12. The van der Waals surface area contributed by atoms with E-state index in [2.05, 4.69) is 20.7 Å². The third kappa shape index (κ3) is 3.58. The van der Waals surface area contributed by atoms with Crippen LogP contribution in [0.25, 0.3) is 0 Å². The maximum Gasteiger partial charge on any atom is 0.240 e. The van der Waals surface area contributed by atoms with Crippen molar-refractivity contribution < 1.29 is 8.42 Å². The number of aryl methyl sites for hydroxylation is 2. The van der Waals surface area contributed by atoms with Crippen molar-refractivity contribution in [3.8, 4) is 0 Å². The topological polar surface area (TPSA) is 46.2 Å². The zero-order chi connectivity index (χ0) is 14.1. The number of nitrogens with one attached hydrogen (secondary N) is 1. The van der Waals surface area contributed by atoms with Crippen LogP contribution in [0.3, 0.4) is 0 Å². The first-order chi connectivity index (χ1) is 8.88. The van der Waals surface area contributed by atoms with Crippen LogP contribution < -0.4 is 4.72 Å². The van der Waals surface area contributed by atoms with Crippen molar-refractivity contribution in [2.24, 2.45) is 5.41 Å². The normalized spacial score (nSPS) is 17.4. The summed E-state index contributed by atoms with van der Waals surface area (Å²) in [6, 6.07) is 5.53. The molecule has 0 radical (unpaired) electrons. The van der Waals surface area contributed by atoms with Gasteiger partial charge in [0.05, 0.1) is 4.90 Å². The predicted molar refractivity (Wildman–Crippen MR) is 81.2 cm³/mol. The maximum atomic E-state index is 12.4. The Hall–Kier alpha value is -0.390. The first kappa shape index (κ1) is 15.0. The molecular formula is C14H20BrNO2S. The molecular weight excluding hydrogens is 326 g/mol. The van der Waals surface area contributed by atoms with Gasteiger partial charge in [-0.05, 0) is 55.7 Å². The number of rotatable bonds is 6. The van der Waals surface area contributed by atoms with E-state index >= 15 is 0 Å². The largest absolute Gasteiger partial charge is 0.240 e. The summed E-state index contributed by atoms with van der Waals surface area (Å²) in [5, 5.41) is 0.929. The Morgan fingerprint density at radius 3 is 2.58 bits per heavy atom. The van der Waals surface area contributed by atoms with Gasteiger partial charge in [-0.1, -0.05) is 28.1 Å². The minimum absolute atomic E-state index is 0.189. The van der Waals surface area contributed by atoms with Gasteiger partial charge in [-0.25, -0.2) is 13.1 Å². The lowest BCUT2D eigenvalue weighted by Crippen LogP contribution is -2.31. The molecule has 1 N–H and O–H groups in total. The third-order valence-corrected chi connectivity index (χ3v) is 5.79. The second-order valence-electron chi connectivity index (χ2n) is 5.53. The first-order valence-electron chi connectivity index (χ1n) is 6.51. The highest BCUT2D eigenvalue weighted by molar-refractivity contribution is 9.09. The van der Waals surface area contributed by atoms with E-state index in [1.807, 2.05) is 26.0 Å². The van der Waals surface area contributed by atoms with Gasteiger partial charge in [0.15, 0.2) is 0 Å². The fraction of sp³-hybridized carbons (Fsp3) is 0.571. The van der Waals surface area contributed by atoms with E-state index in [0.717, 1.165) is 35.7 Å². The van der Waals surface area contributed by atoms with Crippen molar-refractivity contribution in [2.75, 3.05) is 11.9 Å². The van der Waals surface area contributed by atoms with Crippen molar-refractivity contribution >= 4 is 26.0 Å².